The quantitative estimate of drug-likeness (QED) is 0.487. The Labute approximate surface area is 166 Å². The molecule has 4 aromatic rings. The van der Waals surface area contributed by atoms with Crippen LogP contribution in [0.2, 0.25) is 0 Å². The number of aromatic nitrogens is 1. The summed E-state index contributed by atoms with van der Waals surface area (Å²) in [6.45, 7) is 1.88. The number of amides is 1. The van der Waals surface area contributed by atoms with E-state index in [1.165, 1.54) is 11.3 Å². The van der Waals surface area contributed by atoms with Crippen molar-refractivity contribution in [1.82, 2.24) is 10.3 Å². The van der Waals surface area contributed by atoms with E-state index in [2.05, 4.69) is 10.3 Å². The average molecular weight is 390 g/mol. The number of rotatable bonds is 5. The lowest BCUT2D eigenvalue weighted by atomic mass is 10.1. The highest BCUT2D eigenvalue weighted by Crippen LogP contribution is 2.34. The minimum atomic E-state index is -0.266. The first-order valence-electron chi connectivity index (χ1n) is 8.82. The molecule has 0 aliphatic heterocycles. The Balaban J connectivity index is 1.68. The van der Waals surface area contributed by atoms with Crippen molar-refractivity contribution in [3.05, 3.63) is 83.4 Å². The summed E-state index contributed by atoms with van der Waals surface area (Å²) in [7, 11) is 0. The van der Waals surface area contributed by atoms with Gasteiger partial charge in [0.25, 0.3) is 5.91 Å². The van der Waals surface area contributed by atoms with Crippen molar-refractivity contribution >= 4 is 17.2 Å². The molecular weight excluding hydrogens is 372 g/mol. The monoisotopic (exact) mass is 390 g/mol. The fourth-order valence-electron chi connectivity index (χ4n) is 2.91. The smallest absolute Gasteiger partial charge is 0.264 e. The second kappa shape index (κ2) is 7.70. The lowest BCUT2D eigenvalue weighted by Gasteiger charge is -2.14. The van der Waals surface area contributed by atoms with Crippen LogP contribution in [0, 0.1) is 0 Å². The topological polar surface area (TPSA) is 75.4 Å². The number of benzene rings is 2. The van der Waals surface area contributed by atoms with Crippen LogP contribution in [0.25, 0.3) is 22.0 Å². The van der Waals surface area contributed by atoms with Crippen LogP contribution in [-0.2, 0) is 0 Å². The van der Waals surface area contributed by atoms with E-state index in [1.54, 1.807) is 30.5 Å². The van der Waals surface area contributed by atoms with Crippen LogP contribution in [0.5, 0.6) is 5.75 Å². The SMILES string of the molecule is CC(NC(=O)c1sc(-c2ccco2)nc1-c1ccccc1)c1cccc(O)c1. The zero-order chi connectivity index (χ0) is 19.5. The maximum atomic E-state index is 13.1. The van der Waals surface area contributed by atoms with Crippen LogP contribution < -0.4 is 5.32 Å². The fraction of sp³-hybridized carbons (Fsp3) is 0.0909. The molecule has 0 aliphatic rings. The third-order valence-corrected chi connectivity index (χ3v) is 5.40. The molecule has 1 amide bonds. The van der Waals surface area contributed by atoms with E-state index < -0.39 is 0 Å². The van der Waals surface area contributed by atoms with Gasteiger partial charge in [-0.2, -0.15) is 0 Å². The summed E-state index contributed by atoms with van der Waals surface area (Å²) in [4.78, 5) is 18.2. The van der Waals surface area contributed by atoms with E-state index in [-0.39, 0.29) is 17.7 Å². The molecule has 0 bridgehead atoms. The maximum absolute atomic E-state index is 13.1. The fourth-order valence-corrected chi connectivity index (χ4v) is 3.87. The summed E-state index contributed by atoms with van der Waals surface area (Å²) in [5.41, 5.74) is 2.31. The number of nitrogens with zero attached hydrogens (tertiary/aromatic N) is 1. The van der Waals surface area contributed by atoms with Crippen LogP contribution in [0.15, 0.2) is 77.4 Å². The summed E-state index contributed by atoms with van der Waals surface area (Å²) in [5, 5.41) is 13.3. The van der Waals surface area contributed by atoms with Crippen LogP contribution in [0.4, 0.5) is 0 Å². The number of furan rings is 1. The van der Waals surface area contributed by atoms with Crippen LogP contribution in [-0.4, -0.2) is 16.0 Å². The van der Waals surface area contributed by atoms with Gasteiger partial charge in [-0.1, -0.05) is 42.5 Å². The van der Waals surface area contributed by atoms with E-state index in [0.29, 0.717) is 21.3 Å². The van der Waals surface area contributed by atoms with Crippen molar-refractivity contribution in [2.75, 3.05) is 0 Å². The minimum Gasteiger partial charge on any atom is -0.508 e. The Bertz CT molecular complexity index is 1090. The van der Waals surface area contributed by atoms with Crippen LogP contribution >= 0.6 is 11.3 Å². The van der Waals surface area contributed by atoms with Crippen molar-refractivity contribution in [2.45, 2.75) is 13.0 Å². The van der Waals surface area contributed by atoms with Crippen molar-refractivity contribution < 1.29 is 14.3 Å². The van der Waals surface area contributed by atoms with Gasteiger partial charge in [0.1, 0.15) is 10.6 Å². The predicted octanol–water partition coefficient (Wildman–Crippen LogP) is 5.27. The highest BCUT2D eigenvalue weighted by Gasteiger charge is 2.22. The number of phenols is 1. The zero-order valence-electron chi connectivity index (χ0n) is 15.1. The Morgan fingerprint density at radius 3 is 2.64 bits per heavy atom. The molecule has 2 N–H and O–H groups in total. The number of hydrogen-bond acceptors (Lipinski definition) is 5. The molecule has 140 valence electrons. The Hall–Kier alpha value is -3.38. The highest BCUT2D eigenvalue weighted by atomic mass is 32.1. The molecule has 6 heteroatoms. The van der Waals surface area contributed by atoms with Gasteiger partial charge in [0.05, 0.1) is 18.0 Å². The molecule has 28 heavy (non-hydrogen) atoms. The van der Waals surface area contributed by atoms with Crippen molar-refractivity contribution in [3.63, 3.8) is 0 Å². The van der Waals surface area contributed by atoms with Gasteiger partial charge >= 0.3 is 0 Å². The number of phenolic OH excluding ortho intramolecular Hbond substituents is 1. The Morgan fingerprint density at radius 2 is 1.93 bits per heavy atom. The van der Waals surface area contributed by atoms with Gasteiger partial charge in [-0.15, -0.1) is 11.3 Å². The van der Waals surface area contributed by atoms with Crippen LogP contribution in [0.3, 0.4) is 0 Å². The molecule has 2 heterocycles. The molecule has 1 atom stereocenters. The van der Waals surface area contributed by atoms with Gasteiger partial charge in [-0.05, 0) is 36.8 Å². The van der Waals surface area contributed by atoms with E-state index in [1.807, 2.05) is 49.4 Å². The lowest BCUT2D eigenvalue weighted by molar-refractivity contribution is 0.0944. The molecule has 1 unspecified atom stereocenters. The second-order valence-corrected chi connectivity index (χ2v) is 7.33. The molecule has 4 rings (SSSR count). The highest BCUT2D eigenvalue weighted by molar-refractivity contribution is 7.17. The van der Waals surface area contributed by atoms with Crippen molar-refractivity contribution in [1.29, 1.82) is 0 Å². The number of thiazole rings is 1. The molecule has 0 fully saturated rings. The third-order valence-electron chi connectivity index (χ3n) is 4.33. The second-order valence-electron chi connectivity index (χ2n) is 6.33. The summed E-state index contributed by atoms with van der Waals surface area (Å²) in [5.74, 6) is 0.578. The average Bonchev–Trinajstić information content (AvgIpc) is 3.38. The number of hydrogen-bond donors (Lipinski definition) is 2. The van der Waals surface area contributed by atoms with E-state index >= 15 is 0 Å². The molecule has 0 spiro atoms. The van der Waals surface area contributed by atoms with Gasteiger partial charge in [0, 0.05) is 5.56 Å². The minimum absolute atomic E-state index is 0.168. The van der Waals surface area contributed by atoms with Gasteiger partial charge in [-0.3, -0.25) is 4.79 Å². The summed E-state index contributed by atoms with van der Waals surface area (Å²) in [6.07, 6.45) is 1.59. The van der Waals surface area contributed by atoms with Gasteiger partial charge < -0.3 is 14.8 Å². The van der Waals surface area contributed by atoms with E-state index in [9.17, 15) is 9.90 Å². The standard InChI is InChI=1S/C22H18N2O3S/c1-14(16-9-5-10-17(25)13-16)23-21(26)20-19(15-7-3-2-4-8-15)24-22(28-20)18-11-6-12-27-18/h2-14,25H,1H3,(H,23,26). The first-order chi connectivity index (χ1) is 13.6. The molecule has 0 aliphatic carbocycles. The van der Waals surface area contributed by atoms with Crippen molar-refractivity contribution in [3.8, 4) is 27.8 Å². The molecule has 0 radical (unpaired) electrons. The molecule has 5 nitrogen and oxygen atoms in total. The van der Waals surface area contributed by atoms with Gasteiger partial charge in [0.15, 0.2) is 10.8 Å². The Kier molecular flexibility index (Phi) is 4.95. The van der Waals surface area contributed by atoms with Crippen LogP contribution in [0.1, 0.15) is 28.2 Å². The molecule has 2 aromatic heterocycles. The lowest BCUT2D eigenvalue weighted by Crippen LogP contribution is -2.26. The summed E-state index contributed by atoms with van der Waals surface area (Å²) < 4.78 is 5.46. The normalized spacial score (nSPS) is 11.9. The third kappa shape index (κ3) is 3.68. The van der Waals surface area contributed by atoms with E-state index in [4.69, 9.17) is 4.42 Å². The maximum Gasteiger partial charge on any atom is 0.264 e. The van der Waals surface area contributed by atoms with Gasteiger partial charge in [-0.25, -0.2) is 4.98 Å². The molecule has 2 aromatic carbocycles. The largest absolute Gasteiger partial charge is 0.508 e. The summed E-state index contributed by atoms with van der Waals surface area (Å²) in [6, 6.07) is 19.8. The first-order valence-corrected chi connectivity index (χ1v) is 9.63. The Morgan fingerprint density at radius 1 is 1.11 bits per heavy atom. The number of carbonyl (C=O) groups is 1. The molecule has 0 saturated carbocycles. The molecule has 0 saturated heterocycles. The number of nitrogens with one attached hydrogen (secondary N) is 1. The zero-order valence-corrected chi connectivity index (χ0v) is 15.9. The number of carbonyl (C=O) groups excluding carboxylic acids is 1. The van der Waals surface area contributed by atoms with Crippen molar-refractivity contribution in [2.24, 2.45) is 0 Å². The summed E-state index contributed by atoms with van der Waals surface area (Å²) >= 11 is 1.29. The van der Waals surface area contributed by atoms with Gasteiger partial charge in [0.2, 0.25) is 0 Å². The molecular formula is C22H18N2O3S. The predicted molar refractivity (Wildman–Crippen MR) is 109 cm³/mol. The van der Waals surface area contributed by atoms with E-state index in [0.717, 1.165) is 11.1 Å². The first kappa shape index (κ1) is 18.0. The number of aromatic hydroxyl groups is 1.